The highest BCUT2D eigenvalue weighted by molar-refractivity contribution is 6.01. The minimum Gasteiger partial charge on any atom is -0.493 e. The van der Waals surface area contributed by atoms with E-state index in [1.54, 1.807) is 11.9 Å². The van der Waals surface area contributed by atoms with Crippen LogP contribution in [0.2, 0.25) is 0 Å². The Labute approximate surface area is 220 Å². The van der Waals surface area contributed by atoms with Gasteiger partial charge in [-0.15, -0.1) is 0 Å². The van der Waals surface area contributed by atoms with Crippen LogP contribution in [0.15, 0.2) is 42.5 Å². The first-order valence-electron chi connectivity index (χ1n) is 13.6. The fourth-order valence-electron chi connectivity index (χ4n) is 5.61. The van der Waals surface area contributed by atoms with Crippen molar-refractivity contribution in [3.63, 3.8) is 0 Å². The van der Waals surface area contributed by atoms with Crippen LogP contribution in [0, 0.1) is 0 Å². The number of aryl methyl sites for hydroxylation is 1. The highest BCUT2D eigenvalue weighted by Crippen LogP contribution is 2.35. The zero-order valence-corrected chi connectivity index (χ0v) is 22.1. The van der Waals surface area contributed by atoms with Crippen LogP contribution >= 0.6 is 0 Å². The molecule has 0 fully saturated rings. The number of aldehydes is 1. The summed E-state index contributed by atoms with van der Waals surface area (Å²) in [6.07, 6.45) is 5.53. The van der Waals surface area contributed by atoms with Gasteiger partial charge >= 0.3 is 0 Å². The molecule has 0 saturated carbocycles. The fourth-order valence-corrected chi connectivity index (χ4v) is 5.61. The second kappa shape index (κ2) is 12.9. The van der Waals surface area contributed by atoms with Crippen LogP contribution in [0.3, 0.4) is 0 Å². The first-order valence-corrected chi connectivity index (χ1v) is 13.6. The Bertz CT molecular complexity index is 1100. The molecule has 0 bridgehead atoms. The maximum absolute atomic E-state index is 13.1. The van der Waals surface area contributed by atoms with Crippen LogP contribution < -0.4 is 10.1 Å². The molecule has 198 valence electrons. The van der Waals surface area contributed by atoms with Gasteiger partial charge in [0, 0.05) is 37.1 Å². The van der Waals surface area contributed by atoms with Crippen LogP contribution in [0.5, 0.6) is 5.75 Å². The molecule has 2 aliphatic heterocycles. The van der Waals surface area contributed by atoms with Gasteiger partial charge in [-0.2, -0.15) is 0 Å². The van der Waals surface area contributed by atoms with Crippen molar-refractivity contribution >= 4 is 18.1 Å². The van der Waals surface area contributed by atoms with E-state index in [0.29, 0.717) is 24.4 Å². The van der Waals surface area contributed by atoms with E-state index >= 15 is 0 Å². The van der Waals surface area contributed by atoms with Crippen molar-refractivity contribution in [1.29, 1.82) is 0 Å². The van der Waals surface area contributed by atoms with Crippen LogP contribution in [0.25, 0.3) is 0 Å². The van der Waals surface area contributed by atoms with E-state index in [0.717, 1.165) is 69.5 Å². The topological polar surface area (TPSA) is 79.0 Å². The normalized spacial score (nSPS) is 16.9. The number of para-hydroxylation sites is 1. The number of fused-ring (bicyclic) bond motifs is 2. The van der Waals surface area contributed by atoms with E-state index in [4.69, 9.17) is 4.74 Å². The second-order valence-corrected chi connectivity index (χ2v) is 9.98. The van der Waals surface area contributed by atoms with Gasteiger partial charge in [-0.05, 0) is 75.0 Å². The number of nitrogens with zero attached hydrogens (tertiary/aromatic N) is 2. The number of carbonyl (C=O) groups excluding carboxylic acids is 3. The van der Waals surface area contributed by atoms with Gasteiger partial charge in [0.1, 0.15) is 18.1 Å². The zero-order valence-electron chi connectivity index (χ0n) is 22.1. The van der Waals surface area contributed by atoms with Gasteiger partial charge in [0.2, 0.25) is 5.91 Å². The Morgan fingerprint density at radius 2 is 2.03 bits per heavy atom. The molecular weight excluding hydrogens is 466 g/mol. The summed E-state index contributed by atoms with van der Waals surface area (Å²) < 4.78 is 5.85. The molecule has 2 aliphatic rings. The summed E-state index contributed by atoms with van der Waals surface area (Å²) in [6, 6.07) is 13.6. The molecule has 2 atom stereocenters. The molecule has 37 heavy (non-hydrogen) atoms. The zero-order chi connectivity index (χ0) is 26.2. The van der Waals surface area contributed by atoms with Gasteiger partial charge in [0.25, 0.3) is 5.91 Å². The number of likely N-dealkylation sites (N-methyl/N-ethyl adjacent to an activating group) is 1. The van der Waals surface area contributed by atoms with Gasteiger partial charge in [-0.25, -0.2) is 0 Å². The molecular formula is C30H39N3O4. The van der Waals surface area contributed by atoms with Crippen LogP contribution in [0.1, 0.15) is 72.0 Å². The standard InChI is InChI=1S/C30H39N3O4/c1-3-32(18-16-23-21-37-28-15-5-4-12-24(23)28)17-7-6-10-22-11-8-13-25-26(22)20-33(30(25)36)27(14-9-19-34)29(35)31-2/h4-5,8,11-13,15,19,23,27H,3,6-7,9-10,14,16-18,20-21H2,1-2H3,(H,31,35)/t23-,27?/m1/s1. The molecule has 2 aromatic carbocycles. The molecule has 2 aromatic rings. The van der Waals surface area contributed by atoms with Crippen LogP contribution in [0.4, 0.5) is 0 Å². The predicted octanol–water partition coefficient (Wildman–Crippen LogP) is 3.95. The molecule has 7 heteroatoms. The smallest absolute Gasteiger partial charge is 0.255 e. The molecule has 0 spiro atoms. The number of ether oxygens (including phenoxy) is 1. The maximum atomic E-state index is 13.1. The Kier molecular flexibility index (Phi) is 9.34. The lowest BCUT2D eigenvalue weighted by Gasteiger charge is -2.26. The molecule has 2 heterocycles. The van der Waals surface area contributed by atoms with Gasteiger partial charge in [0.15, 0.2) is 0 Å². The molecule has 1 unspecified atom stereocenters. The van der Waals surface area contributed by atoms with Crippen molar-refractivity contribution in [2.45, 2.75) is 64.0 Å². The molecule has 0 aromatic heterocycles. The average molecular weight is 506 g/mol. The molecule has 0 aliphatic carbocycles. The minimum atomic E-state index is -0.627. The minimum absolute atomic E-state index is 0.119. The lowest BCUT2D eigenvalue weighted by Crippen LogP contribution is -2.46. The third kappa shape index (κ3) is 6.21. The van der Waals surface area contributed by atoms with Crippen molar-refractivity contribution in [2.24, 2.45) is 0 Å². The lowest BCUT2D eigenvalue weighted by molar-refractivity contribution is -0.125. The summed E-state index contributed by atoms with van der Waals surface area (Å²) in [6.45, 7) is 6.56. The van der Waals surface area contributed by atoms with Crippen molar-refractivity contribution in [2.75, 3.05) is 33.3 Å². The third-order valence-corrected chi connectivity index (χ3v) is 7.79. The first-order chi connectivity index (χ1) is 18.1. The van der Waals surface area contributed by atoms with Gasteiger partial charge in [0.05, 0.1) is 6.61 Å². The number of benzene rings is 2. The Morgan fingerprint density at radius 1 is 1.19 bits per heavy atom. The Morgan fingerprint density at radius 3 is 2.81 bits per heavy atom. The van der Waals surface area contributed by atoms with E-state index in [9.17, 15) is 14.4 Å². The van der Waals surface area contributed by atoms with Gasteiger partial charge < -0.3 is 24.6 Å². The molecule has 0 radical (unpaired) electrons. The predicted molar refractivity (Wildman–Crippen MR) is 144 cm³/mol. The third-order valence-electron chi connectivity index (χ3n) is 7.79. The van der Waals surface area contributed by atoms with E-state index in [1.165, 1.54) is 11.1 Å². The molecule has 4 rings (SSSR count). The fraction of sp³-hybridized carbons (Fsp3) is 0.500. The monoisotopic (exact) mass is 505 g/mol. The van der Waals surface area contributed by atoms with Crippen LogP contribution in [-0.2, 0) is 22.6 Å². The van der Waals surface area contributed by atoms with Gasteiger partial charge in [-0.3, -0.25) is 9.59 Å². The SMILES string of the molecule is CCN(CCCCc1cccc2c1CN(C(CCC=O)C(=O)NC)C2=O)CC[C@@H]1COc2ccccc21. The highest BCUT2D eigenvalue weighted by atomic mass is 16.5. The van der Waals surface area contributed by atoms with E-state index < -0.39 is 6.04 Å². The number of carbonyl (C=O) groups is 3. The summed E-state index contributed by atoms with van der Waals surface area (Å²) in [5, 5.41) is 2.64. The van der Waals surface area contributed by atoms with Crippen molar-refractivity contribution in [3.8, 4) is 5.75 Å². The quantitative estimate of drug-likeness (QED) is 0.311. The Hall–Kier alpha value is -3.19. The summed E-state index contributed by atoms with van der Waals surface area (Å²) in [4.78, 5) is 40.6. The van der Waals surface area contributed by atoms with Crippen molar-refractivity contribution in [3.05, 3.63) is 64.7 Å². The van der Waals surface area contributed by atoms with E-state index in [-0.39, 0.29) is 18.2 Å². The summed E-state index contributed by atoms with van der Waals surface area (Å²) in [5.74, 6) is 1.17. The summed E-state index contributed by atoms with van der Waals surface area (Å²) in [5.41, 5.74) is 4.23. The van der Waals surface area contributed by atoms with Gasteiger partial charge in [-0.1, -0.05) is 37.3 Å². The number of amides is 2. The molecule has 2 amide bonds. The number of unbranched alkanes of at least 4 members (excludes halogenated alkanes) is 1. The van der Waals surface area contributed by atoms with Crippen LogP contribution in [-0.4, -0.2) is 67.2 Å². The number of hydrogen-bond donors (Lipinski definition) is 1. The van der Waals surface area contributed by atoms with E-state index in [1.807, 2.05) is 18.2 Å². The first kappa shape index (κ1) is 26.9. The molecule has 1 N–H and O–H groups in total. The molecule has 0 saturated heterocycles. The maximum Gasteiger partial charge on any atom is 0.255 e. The van der Waals surface area contributed by atoms with Crippen molar-refractivity contribution in [1.82, 2.24) is 15.1 Å². The highest BCUT2D eigenvalue weighted by Gasteiger charge is 2.36. The second-order valence-electron chi connectivity index (χ2n) is 9.98. The molecule has 7 nitrogen and oxygen atoms in total. The largest absolute Gasteiger partial charge is 0.493 e. The summed E-state index contributed by atoms with van der Waals surface area (Å²) in [7, 11) is 1.56. The Balaban J connectivity index is 1.29. The van der Waals surface area contributed by atoms with Crippen molar-refractivity contribution < 1.29 is 19.1 Å². The average Bonchev–Trinajstić information content (AvgIpc) is 3.49. The number of rotatable bonds is 14. The van der Waals surface area contributed by atoms with E-state index in [2.05, 4.69) is 41.4 Å². The lowest BCUT2D eigenvalue weighted by atomic mass is 9.97. The number of nitrogens with one attached hydrogen (secondary N) is 1. The number of hydrogen-bond acceptors (Lipinski definition) is 5. The summed E-state index contributed by atoms with van der Waals surface area (Å²) >= 11 is 0.